The van der Waals surface area contributed by atoms with E-state index in [1.165, 1.54) is 5.56 Å². The van der Waals surface area contributed by atoms with Gasteiger partial charge in [-0.15, -0.1) is 0 Å². The molecule has 0 saturated heterocycles. The Bertz CT molecular complexity index is 514. The predicted octanol–water partition coefficient (Wildman–Crippen LogP) is 2.61. The monoisotopic (exact) mass is 223 g/mol. The summed E-state index contributed by atoms with van der Waals surface area (Å²) in [5.74, 6) is 0.750. The summed E-state index contributed by atoms with van der Waals surface area (Å²) < 4.78 is 0. The number of nitriles is 1. The fraction of sp³-hybridized carbons (Fsp3) is 0.143. The van der Waals surface area contributed by atoms with Gasteiger partial charge >= 0.3 is 0 Å². The standard InChI is InChI=1S/C14H13N3/c15-11-13-7-4-8-14(17-13)16-10-9-12-5-2-1-3-6-12/h1-8H,9-10H2,(H,16,17). The lowest BCUT2D eigenvalue weighted by Crippen LogP contribution is -2.06. The lowest BCUT2D eigenvalue weighted by Gasteiger charge is -2.05. The van der Waals surface area contributed by atoms with Gasteiger partial charge in [-0.3, -0.25) is 0 Å². The van der Waals surface area contributed by atoms with Crippen LogP contribution in [0.3, 0.4) is 0 Å². The molecule has 0 aliphatic carbocycles. The zero-order valence-corrected chi connectivity index (χ0v) is 9.43. The summed E-state index contributed by atoms with van der Waals surface area (Å²) in [5.41, 5.74) is 1.73. The van der Waals surface area contributed by atoms with Gasteiger partial charge in [-0.1, -0.05) is 36.4 Å². The molecule has 0 atom stereocenters. The molecule has 0 amide bonds. The van der Waals surface area contributed by atoms with Crippen molar-refractivity contribution in [1.29, 1.82) is 5.26 Å². The molecular formula is C14H13N3. The Hall–Kier alpha value is -2.34. The van der Waals surface area contributed by atoms with Crippen LogP contribution in [0.4, 0.5) is 5.82 Å². The van der Waals surface area contributed by atoms with Crippen molar-refractivity contribution in [1.82, 2.24) is 4.98 Å². The molecule has 84 valence electrons. The highest BCUT2D eigenvalue weighted by Crippen LogP contribution is 2.05. The average molecular weight is 223 g/mol. The Morgan fingerprint density at radius 3 is 2.65 bits per heavy atom. The third kappa shape index (κ3) is 3.32. The molecule has 2 aromatic rings. The van der Waals surface area contributed by atoms with E-state index in [9.17, 15) is 0 Å². The quantitative estimate of drug-likeness (QED) is 0.866. The number of hydrogen-bond acceptors (Lipinski definition) is 3. The lowest BCUT2D eigenvalue weighted by atomic mass is 10.1. The SMILES string of the molecule is N#Cc1cccc(NCCc2ccccc2)n1. The van der Waals surface area contributed by atoms with Crippen molar-refractivity contribution in [2.45, 2.75) is 6.42 Å². The minimum absolute atomic E-state index is 0.440. The molecule has 0 unspecified atom stereocenters. The maximum Gasteiger partial charge on any atom is 0.142 e. The van der Waals surface area contributed by atoms with Crippen molar-refractivity contribution in [3.8, 4) is 6.07 Å². The number of hydrogen-bond donors (Lipinski definition) is 1. The molecule has 1 aromatic carbocycles. The highest BCUT2D eigenvalue weighted by Gasteiger charge is 1.96. The number of nitrogens with zero attached hydrogens (tertiary/aromatic N) is 2. The Balaban J connectivity index is 1.88. The van der Waals surface area contributed by atoms with Gasteiger partial charge in [-0.25, -0.2) is 4.98 Å². The number of anilines is 1. The minimum atomic E-state index is 0.440. The molecule has 3 heteroatoms. The number of pyridine rings is 1. The molecule has 1 N–H and O–H groups in total. The van der Waals surface area contributed by atoms with E-state index in [1.54, 1.807) is 6.07 Å². The third-order valence-corrected chi connectivity index (χ3v) is 2.43. The first kappa shape index (κ1) is 11.2. The van der Waals surface area contributed by atoms with Crippen molar-refractivity contribution in [3.05, 3.63) is 59.8 Å². The maximum atomic E-state index is 8.73. The number of benzene rings is 1. The fourth-order valence-corrected chi connectivity index (χ4v) is 1.58. The van der Waals surface area contributed by atoms with Gasteiger partial charge in [0.2, 0.25) is 0 Å². The van der Waals surface area contributed by atoms with Crippen molar-refractivity contribution in [2.24, 2.45) is 0 Å². The third-order valence-electron chi connectivity index (χ3n) is 2.43. The molecule has 1 aromatic heterocycles. The van der Waals surface area contributed by atoms with Crippen LogP contribution in [-0.4, -0.2) is 11.5 Å². The van der Waals surface area contributed by atoms with E-state index in [1.807, 2.05) is 36.4 Å². The number of rotatable bonds is 4. The molecule has 17 heavy (non-hydrogen) atoms. The summed E-state index contributed by atoms with van der Waals surface area (Å²) >= 11 is 0. The summed E-state index contributed by atoms with van der Waals surface area (Å²) in [6.07, 6.45) is 0.944. The van der Waals surface area contributed by atoms with Crippen LogP contribution in [0.15, 0.2) is 48.5 Å². The molecular weight excluding hydrogens is 210 g/mol. The van der Waals surface area contributed by atoms with Gasteiger partial charge in [0, 0.05) is 6.54 Å². The topological polar surface area (TPSA) is 48.7 Å². The Morgan fingerprint density at radius 2 is 1.88 bits per heavy atom. The van der Waals surface area contributed by atoms with Crippen molar-refractivity contribution in [2.75, 3.05) is 11.9 Å². The smallest absolute Gasteiger partial charge is 0.142 e. The maximum absolute atomic E-state index is 8.73. The van der Waals surface area contributed by atoms with E-state index >= 15 is 0 Å². The van der Waals surface area contributed by atoms with E-state index in [-0.39, 0.29) is 0 Å². The van der Waals surface area contributed by atoms with Crippen LogP contribution >= 0.6 is 0 Å². The van der Waals surface area contributed by atoms with Gasteiger partial charge in [0.25, 0.3) is 0 Å². The first-order valence-electron chi connectivity index (χ1n) is 5.53. The van der Waals surface area contributed by atoms with Crippen LogP contribution in [0.25, 0.3) is 0 Å². The van der Waals surface area contributed by atoms with E-state index in [4.69, 9.17) is 5.26 Å². The Labute approximate surface area is 101 Å². The van der Waals surface area contributed by atoms with Gasteiger partial charge in [-0.05, 0) is 24.1 Å². The van der Waals surface area contributed by atoms with Crippen LogP contribution < -0.4 is 5.32 Å². The Kier molecular flexibility index (Phi) is 3.72. The molecule has 0 fully saturated rings. The second-order valence-electron chi connectivity index (χ2n) is 3.68. The fourth-order valence-electron chi connectivity index (χ4n) is 1.58. The highest BCUT2D eigenvalue weighted by atomic mass is 15.0. The summed E-state index contributed by atoms with van der Waals surface area (Å²) in [4.78, 5) is 4.15. The second-order valence-corrected chi connectivity index (χ2v) is 3.68. The van der Waals surface area contributed by atoms with Crippen LogP contribution in [0, 0.1) is 11.3 Å². The minimum Gasteiger partial charge on any atom is -0.370 e. The van der Waals surface area contributed by atoms with Gasteiger partial charge < -0.3 is 5.32 Å². The molecule has 0 radical (unpaired) electrons. The summed E-state index contributed by atoms with van der Waals surface area (Å²) in [5, 5.41) is 11.9. The molecule has 0 aliphatic rings. The van der Waals surface area contributed by atoms with Crippen molar-refractivity contribution >= 4 is 5.82 Å². The number of nitrogens with one attached hydrogen (secondary N) is 1. The molecule has 0 aliphatic heterocycles. The normalized spacial score (nSPS) is 9.59. The van der Waals surface area contributed by atoms with E-state index in [2.05, 4.69) is 22.4 Å². The van der Waals surface area contributed by atoms with Gasteiger partial charge in [0.1, 0.15) is 17.6 Å². The summed E-state index contributed by atoms with van der Waals surface area (Å²) in [6.45, 7) is 0.811. The average Bonchev–Trinajstić information content (AvgIpc) is 2.40. The van der Waals surface area contributed by atoms with Gasteiger partial charge in [0.15, 0.2) is 0 Å². The molecule has 0 saturated carbocycles. The molecule has 0 bridgehead atoms. The van der Waals surface area contributed by atoms with Gasteiger partial charge in [0.05, 0.1) is 0 Å². The van der Waals surface area contributed by atoms with Crippen LogP contribution in [0.1, 0.15) is 11.3 Å². The molecule has 3 nitrogen and oxygen atoms in total. The predicted molar refractivity (Wildman–Crippen MR) is 67.6 cm³/mol. The number of aromatic nitrogens is 1. The second kappa shape index (κ2) is 5.66. The lowest BCUT2D eigenvalue weighted by molar-refractivity contribution is 1.00. The Morgan fingerprint density at radius 1 is 1.06 bits per heavy atom. The first-order valence-corrected chi connectivity index (χ1v) is 5.53. The molecule has 2 rings (SSSR count). The zero-order chi connectivity index (χ0) is 11.9. The molecule has 1 heterocycles. The van der Waals surface area contributed by atoms with E-state index in [0.717, 1.165) is 18.8 Å². The molecule has 0 spiro atoms. The van der Waals surface area contributed by atoms with E-state index < -0.39 is 0 Å². The summed E-state index contributed by atoms with van der Waals surface area (Å²) in [7, 11) is 0. The first-order chi connectivity index (χ1) is 8.38. The largest absolute Gasteiger partial charge is 0.370 e. The van der Waals surface area contributed by atoms with Crippen LogP contribution in [0.2, 0.25) is 0 Å². The zero-order valence-electron chi connectivity index (χ0n) is 9.43. The van der Waals surface area contributed by atoms with E-state index in [0.29, 0.717) is 5.69 Å². The highest BCUT2D eigenvalue weighted by molar-refractivity contribution is 5.38. The van der Waals surface area contributed by atoms with Crippen LogP contribution in [0.5, 0.6) is 0 Å². The summed E-state index contributed by atoms with van der Waals surface area (Å²) in [6, 6.07) is 17.7. The van der Waals surface area contributed by atoms with Gasteiger partial charge in [-0.2, -0.15) is 5.26 Å². The van der Waals surface area contributed by atoms with Crippen molar-refractivity contribution in [3.63, 3.8) is 0 Å². The van der Waals surface area contributed by atoms with Crippen molar-refractivity contribution < 1.29 is 0 Å². The van der Waals surface area contributed by atoms with Crippen LogP contribution in [-0.2, 0) is 6.42 Å².